The first kappa shape index (κ1) is 15.2. The fourth-order valence-electron chi connectivity index (χ4n) is 2.27. The van der Waals surface area contributed by atoms with Gasteiger partial charge in [0, 0.05) is 13.1 Å². The summed E-state index contributed by atoms with van der Waals surface area (Å²) in [6, 6.07) is 0. The van der Waals surface area contributed by atoms with Crippen LogP contribution in [0, 0.1) is 0 Å². The van der Waals surface area contributed by atoms with Crippen molar-refractivity contribution in [2.45, 2.75) is 18.8 Å². The number of anilines is 1. The third-order valence-electron chi connectivity index (χ3n) is 3.15. The Morgan fingerprint density at radius 3 is 2.95 bits per heavy atom. The molecule has 2 aromatic heterocycles. The van der Waals surface area contributed by atoms with Gasteiger partial charge in [0.25, 0.3) is 5.56 Å². The maximum absolute atomic E-state index is 11.7. The van der Waals surface area contributed by atoms with Gasteiger partial charge in [0.05, 0.1) is 18.9 Å². The molecule has 0 saturated carbocycles. The molecule has 11 heteroatoms. The lowest BCUT2D eigenvalue weighted by Crippen LogP contribution is -2.18. The van der Waals surface area contributed by atoms with E-state index in [-0.39, 0.29) is 36.0 Å². The first-order valence-electron chi connectivity index (χ1n) is 6.61. The van der Waals surface area contributed by atoms with Crippen LogP contribution < -0.4 is 11.3 Å². The molecule has 1 saturated heterocycles. The van der Waals surface area contributed by atoms with Crippen molar-refractivity contribution in [3.63, 3.8) is 0 Å². The van der Waals surface area contributed by atoms with Crippen LogP contribution in [0.3, 0.4) is 0 Å². The average Bonchev–Trinajstić information content (AvgIpc) is 2.94. The molecule has 3 heterocycles. The Bertz CT molecular complexity index is 796. The Hall–Kier alpha value is -1.74. The van der Waals surface area contributed by atoms with Crippen molar-refractivity contribution in [1.29, 1.82) is 0 Å². The van der Waals surface area contributed by atoms with E-state index in [2.05, 4.69) is 19.9 Å². The predicted molar refractivity (Wildman–Crippen MR) is 77.9 cm³/mol. The number of hydrogen-bond donors (Lipinski definition) is 4. The fraction of sp³-hybridized carbons (Fsp3) is 0.545. The van der Waals surface area contributed by atoms with Crippen LogP contribution in [-0.4, -0.2) is 56.7 Å². The van der Waals surface area contributed by atoms with E-state index in [0.29, 0.717) is 12.2 Å². The molecule has 2 aromatic rings. The second-order valence-corrected chi connectivity index (χ2v) is 7.76. The molecule has 1 aliphatic rings. The number of aromatic amines is 2. The molecule has 0 aromatic carbocycles. The van der Waals surface area contributed by atoms with Crippen molar-refractivity contribution in [3.05, 3.63) is 16.2 Å². The Morgan fingerprint density at radius 2 is 2.23 bits per heavy atom. The van der Waals surface area contributed by atoms with Crippen molar-refractivity contribution < 1.29 is 18.9 Å². The van der Waals surface area contributed by atoms with Crippen LogP contribution in [0.2, 0.25) is 0 Å². The smallest absolute Gasteiger partial charge is 0.278 e. The number of aromatic nitrogens is 4. The van der Waals surface area contributed by atoms with Crippen molar-refractivity contribution >= 4 is 24.5 Å². The molecule has 5 N–H and O–H groups in total. The molecule has 0 radical (unpaired) electrons. The Labute approximate surface area is 124 Å². The van der Waals surface area contributed by atoms with E-state index in [0.717, 1.165) is 0 Å². The van der Waals surface area contributed by atoms with Crippen molar-refractivity contribution in [2.24, 2.45) is 0 Å². The van der Waals surface area contributed by atoms with E-state index in [9.17, 15) is 14.3 Å². The zero-order valence-electron chi connectivity index (χ0n) is 11.8. The Morgan fingerprint density at radius 1 is 1.45 bits per heavy atom. The number of imidazole rings is 1. The topological polar surface area (TPSA) is 156 Å². The summed E-state index contributed by atoms with van der Waals surface area (Å²) in [6.07, 6.45) is -0.700. The highest BCUT2D eigenvalue weighted by atomic mass is 31.2. The molecule has 1 fully saturated rings. The third-order valence-corrected chi connectivity index (χ3v) is 4.13. The van der Waals surface area contributed by atoms with Gasteiger partial charge in [0.1, 0.15) is 5.82 Å². The normalized spacial score (nSPS) is 24.6. The quantitative estimate of drug-likeness (QED) is 0.542. The van der Waals surface area contributed by atoms with Gasteiger partial charge in [0.2, 0.25) is 13.3 Å². The van der Waals surface area contributed by atoms with E-state index in [4.69, 9.17) is 15.2 Å². The minimum Gasteiger partial charge on any atom is -0.369 e. The molecule has 1 aliphatic heterocycles. The molecule has 0 amide bonds. The van der Waals surface area contributed by atoms with Gasteiger partial charge in [-0.15, -0.1) is 0 Å². The minimum absolute atomic E-state index is 0.00212. The van der Waals surface area contributed by atoms with Crippen LogP contribution in [0.25, 0.3) is 11.2 Å². The number of rotatable bonds is 4. The molecule has 3 rings (SSSR count). The number of ether oxygens (including phenoxy) is 2. The van der Waals surface area contributed by atoms with Gasteiger partial charge >= 0.3 is 0 Å². The number of nitrogens with one attached hydrogen (secondary N) is 2. The van der Waals surface area contributed by atoms with Crippen molar-refractivity contribution in [1.82, 2.24) is 19.9 Å². The van der Waals surface area contributed by atoms with Gasteiger partial charge < -0.3 is 25.1 Å². The first-order valence-corrected chi connectivity index (χ1v) is 8.90. The predicted octanol–water partition coefficient (Wildman–Crippen LogP) is -0.587. The largest absolute Gasteiger partial charge is 0.369 e. The lowest BCUT2D eigenvalue weighted by atomic mass is 10.2. The summed E-state index contributed by atoms with van der Waals surface area (Å²) in [4.78, 5) is 34.4. The van der Waals surface area contributed by atoms with Crippen LogP contribution in [0.5, 0.6) is 0 Å². The summed E-state index contributed by atoms with van der Waals surface area (Å²) in [5.41, 5.74) is 5.55. The van der Waals surface area contributed by atoms with Gasteiger partial charge in [-0.25, -0.2) is 4.98 Å². The lowest BCUT2D eigenvalue weighted by molar-refractivity contribution is -0.0405. The monoisotopic (exact) mass is 329 g/mol. The van der Waals surface area contributed by atoms with E-state index in [1.54, 1.807) is 0 Å². The van der Waals surface area contributed by atoms with E-state index in [1.807, 2.05) is 0 Å². The van der Waals surface area contributed by atoms with Gasteiger partial charge in [-0.2, -0.15) is 4.98 Å². The summed E-state index contributed by atoms with van der Waals surface area (Å²) in [7, 11) is -3.20. The highest BCUT2D eigenvalue weighted by molar-refractivity contribution is 7.57. The van der Waals surface area contributed by atoms with Gasteiger partial charge in [0.15, 0.2) is 17.5 Å². The van der Waals surface area contributed by atoms with Crippen LogP contribution in [0.4, 0.5) is 5.95 Å². The van der Waals surface area contributed by atoms with Crippen LogP contribution in [0.15, 0.2) is 4.79 Å². The average molecular weight is 329 g/mol. The maximum atomic E-state index is 11.7. The lowest BCUT2D eigenvalue weighted by Gasteiger charge is -2.12. The SMILES string of the molecule is CP(=O)(O)C[C@@H]1OC[C@H](Cc2nc3nc(N)[nH]c(=O)c3[nH]2)O1. The number of fused-ring (bicyclic) bond motifs is 1. The van der Waals surface area contributed by atoms with Crippen LogP contribution >= 0.6 is 7.37 Å². The van der Waals surface area contributed by atoms with Crippen LogP contribution in [0.1, 0.15) is 5.82 Å². The fourth-order valence-corrected chi connectivity index (χ4v) is 3.02. The highest BCUT2D eigenvalue weighted by Crippen LogP contribution is 2.38. The second kappa shape index (κ2) is 5.47. The number of hydrogen-bond acceptors (Lipinski definition) is 7. The summed E-state index contributed by atoms with van der Waals surface area (Å²) >= 11 is 0. The van der Waals surface area contributed by atoms with Gasteiger partial charge in [-0.05, 0) is 0 Å². The maximum Gasteiger partial charge on any atom is 0.278 e. The standard InChI is InChI=1S/C11H16N5O5P/c1-22(18,19)4-7-20-3-5(21-7)2-6-13-8-9(14-6)15-11(12)16-10(8)17/h5,7H,2-4H2,1H3,(H,18,19)(H4,12,13,14,15,16,17)/t5-,7+/m0/s1. The number of H-pyrrole nitrogens is 2. The molecule has 22 heavy (non-hydrogen) atoms. The zero-order chi connectivity index (χ0) is 15.9. The van der Waals surface area contributed by atoms with Crippen LogP contribution in [-0.2, 0) is 20.5 Å². The second-order valence-electron chi connectivity index (χ2n) is 5.29. The minimum atomic E-state index is -3.20. The summed E-state index contributed by atoms with van der Waals surface area (Å²) in [6.45, 7) is 1.54. The third kappa shape index (κ3) is 3.36. The molecule has 120 valence electrons. The summed E-state index contributed by atoms with van der Waals surface area (Å²) < 4.78 is 22.2. The van der Waals surface area contributed by atoms with E-state index < -0.39 is 19.2 Å². The van der Waals surface area contributed by atoms with Gasteiger partial charge in [-0.1, -0.05) is 0 Å². The Balaban J connectivity index is 1.71. The van der Waals surface area contributed by atoms with Crippen molar-refractivity contribution in [2.75, 3.05) is 25.2 Å². The molecule has 1 unspecified atom stereocenters. The molecular formula is C11H16N5O5P. The molecular weight excluding hydrogens is 313 g/mol. The number of nitrogens with zero attached hydrogens (tertiary/aromatic N) is 2. The molecule has 0 aliphatic carbocycles. The Kier molecular flexibility index (Phi) is 3.77. The van der Waals surface area contributed by atoms with E-state index in [1.165, 1.54) is 6.66 Å². The highest BCUT2D eigenvalue weighted by Gasteiger charge is 2.31. The molecule has 3 atom stereocenters. The van der Waals surface area contributed by atoms with Gasteiger partial charge in [-0.3, -0.25) is 14.3 Å². The number of nitrogens with two attached hydrogens (primary N) is 1. The molecule has 0 spiro atoms. The summed E-state index contributed by atoms with van der Waals surface area (Å²) in [5, 5.41) is 0. The van der Waals surface area contributed by atoms with E-state index >= 15 is 0 Å². The number of nitrogen functional groups attached to an aromatic ring is 1. The molecule has 10 nitrogen and oxygen atoms in total. The first-order chi connectivity index (χ1) is 10.3. The summed E-state index contributed by atoms with van der Waals surface area (Å²) in [5.74, 6) is 0.509. The zero-order valence-corrected chi connectivity index (χ0v) is 12.7. The van der Waals surface area contributed by atoms with Crippen molar-refractivity contribution in [3.8, 4) is 0 Å². The molecule has 0 bridgehead atoms.